The molecule has 6 nitrogen and oxygen atoms in total. The van der Waals surface area contributed by atoms with Crippen molar-refractivity contribution in [3.63, 3.8) is 0 Å². The van der Waals surface area contributed by atoms with Crippen LogP contribution in [-0.2, 0) is 24.8 Å². The topological polar surface area (TPSA) is 76.1 Å². The van der Waals surface area contributed by atoms with Gasteiger partial charge in [0.15, 0.2) is 0 Å². The summed E-state index contributed by atoms with van der Waals surface area (Å²) in [7, 11) is -3.30. The normalized spacial score (nSPS) is 11.8. The molecule has 0 saturated carbocycles. The molecule has 0 bridgehead atoms. The summed E-state index contributed by atoms with van der Waals surface area (Å²) >= 11 is 0. The van der Waals surface area contributed by atoms with Crippen molar-refractivity contribution in [3.05, 3.63) is 47.8 Å². The maximum absolute atomic E-state index is 12.1. The zero-order valence-electron chi connectivity index (χ0n) is 12.8. The van der Waals surface area contributed by atoms with Gasteiger partial charge in [-0.2, -0.15) is 0 Å². The fraction of sp³-hybridized carbons (Fsp3) is 0.400. The van der Waals surface area contributed by atoms with Crippen molar-refractivity contribution in [1.82, 2.24) is 5.06 Å². The van der Waals surface area contributed by atoms with Crippen molar-refractivity contribution in [2.24, 2.45) is 0 Å². The van der Waals surface area contributed by atoms with Gasteiger partial charge in [0.2, 0.25) is 0 Å². The molecule has 1 amide bonds. The highest BCUT2D eigenvalue weighted by Crippen LogP contribution is 2.49. The second kappa shape index (κ2) is 9.54. The molecule has 1 aromatic carbocycles. The molecule has 0 unspecified atom stereocenters. The molecule has 0 spiro atoms. The van der Waals surface area contributed by atoms with Crippen molar-refractivity contribution in [2.75, 3.05) is 19.8 Å². The molecule has 0 aliphatic heterocycles. The van der Waals surface area contributed by atoms with Gasteiger partial charge in [-0.05, 0) is 19.4 Å². The van der Waals surface area contributed by atoms with Crippen LogP contribution in [0.15, 0.2) is 42.2 Å². The van der Waals surface area contributed by atoms with Crippen LogP contribution in [0.1, 0.15) is 19.4 Å². The van der Waals surface area contributed by atoms with E-state index in [1.165, 1.54) is 11.9 Å². The first-order valence-corrected chi connectivity index (χ1v) is 8.71. The van der Waals surface area contributed by atoms with Crippen LogP contribution in [0.5, 0.6) is 0 Å². The van der Waals surface area contributed by atoms with Crippen molar-refractivity contribution in [3.8, 4) is 0 Å². The van der Waals surface area contributed by atoms with Crippen LogP contribution in [-0.4, -0.2) is 35.9 Å². The van der Waals surface area contributed by atoms with E-state index < -0.39 is 13.5 Å². The Kier molecular flexibility index (Phi) is 8.06. The highest BCUT2D eigenvalue weighted by atomic mass is 31.2. The SMILES string of the molecule is CCOP(=O)(/C=C/CN(O)C(=O)Cc1ccccc1)OCC. The van der Waals surface area contributed by atoms with E-state index >= 15 is 0 Å². The second-order valence-corrected chi connectivity index (χ2v) is 6.29. The molecule has 1 rings (SSSR count). The molecule has 0 saturated heterocycles. The summed E-state index contributed by atoms with van der Waals surface area (Å²) in [5, 5.41) is 10.3. The molecule has 0 fully saturated rings. The Morgan fingerprint density at radius 3 is 2.36 bits per heavy atom. The lowest BCUT2D eigenvalue weighted by Gasteiger charge is -2.15. The fourth-order valence-corrected chi connectivity index (χ4v) is 3.04. The Morgan fingerprint density at radius 1 is 1.23 bits per heavy atom. The van der Waals surface area contributed by atoms with Crippen molar-refractivity contribution in [2.45, 2.75) is 20.3 Å². The highest BCUT2D eigenvalue weighted by Gasteiger charge is 2.19. The molecule has 22 heavy (non-hydrogen) atoms. The van der Waals surface area contributed by atoms with Crippen molar-refractivity contribution < 1.29 is 23.6 Å². The van der Waals surface area contributed by atoms with Crippen LogP contribution in [0.25, 0.3) is 0 Å². The summed E-state index contributed by atoms with van der Waals surface area (Å²) in [5.41, 5.74) is 0.810. The fourth-order valence-electron chi connectivity index (χ4n) is 1.72. The van der Waals surface area contributed by atoms with E-state index in [0.29, 0.717) is 5.06 Å². The lowest BCUT2D eigenvalue weighted by Crippen LogP contribution is -2.29. The predicted molar refractivity (Wildman–Crippen MR) is 83.6 cm³/mol. The third-order valence-electron chi connectivity index (χ3n) is 2.67. The van der Waals surface area contributed by atoms with Gasteiger partial charge >= 0.3 is 7.60 Å². The number of hydrogen-bond donors (Lipinski definition) is 1. The smallest absolute Gasteiger partial charge is 0.306 e. The summed E-state index contributed by atoms with van der Waals surface area (Å²) < 4.78 is 22.3. The summed E-state index contributed by atoms with van der Waals surface area (Å²) in [6.45, 7) is 3.83. The first-order chi connectivity index (χ1) is 10.5. The molecule has 0 aliphatic carbocycles. The van der Waals surface area contributed by atoms with Crippen molar-refractivity contribution in [1.29, 1.82) is 0 Å². The lowest BCUT2D eigenvalue weighted by atomic mass is 10.1. The van der Waals surface area contributed by atoms with E-state index in [1.54, 1.807) is 26.0 Å². The third-order valence-corrected chi connectivity index (χ3v) is 4.48. The molecule has 1 aromatic rings. The number of carbonyl (C=O) groups is 1. The molecule has 1 N–H and O–H groups in total. The summed E-state index contributed by atoms with van der Waals surface area (Å²) in [6, 6.07) is 9.11. The molecule has 7 heteroatoms. The van der Waals surface area contributed by atoms with Crippen LogP contribution in [0.2, 0.25) is 0 Å². The monoisotopic (exact) mass is 327 g/mol. The highest BCUT2D eigenvalue weighted by molar-refractivity contribution is 7.57. The van der Waals surface area contributed by atoms with Gasteiger partial charge in [0, 0.05) is 5.82 Å². The molecule has 0 radical (unpaired) electrons. The Hall–Kier alpha value is -1.46. The molecule has 122 valence electrons. The Bertz CT molecular complexity index is 522. The van der Waals surface area contributed by atoms with E-state index in [2.05, 4.69) is 0 Å². The van der Waals surface area contributed by atoms with Gasteiger partial charge in [-0.1, -0.05) is 36.4 Å². The van der Waals surface area contributed by atoms with E-state index in [0.717, 1.165) is 5.56 Å². The first kappa shape index (κ1) is 18.6. The average molecular weight is 327 g/mol. The Labute approximate surface area is 130 Å². The second-order valence-electron chi connectivity index (χ2n) is 4.40. The number of hydrogen-bond acceptors (Lipinski definition) is 5. The zero-order chi connectivity index (χ0) is 16.4. The maximum Gasteiger partial charge on any atom is 0.353 e. The van der Waals surface area contributed by atoms with Gasteiger partial charge in [-0.25, -0.2) is 5.06 Å². The van der Waals surface area contributed by atoms with Gasteiger partial charge in [0.05, 0.1) is 26.2 Å². The average Bonchev–Trinajstić information content (AvgIpc) is 2.48. The summed E-state index contributed by atoms with van der Waals surface area (Å²) in [6.07, 6.45) is 1.49. The number of nitrogens with zero attached hydrogens (tertiary/aromatic N) is 1. The third kappa shape index (κ3) is 6.54. The molecular weight excluding hydrogens is 305 g/mol. The number of hydroxylamine groups is 2. The van der Waals surface area contributed by atoms with Crippen LogP contribution in [0, 0.1) is 0 Å². The van der Waals surface area contributed by atoms with Crippen molar-refractivity contribution >= 4 is 13.5 Å². The van der Waals surface area contributed by atoms with Gasteiger partial charge in [-0.15, -0.1) is 0 Å². The van der Waals surface area contributed by atoms with E-state index in [9.17, 15) is 14.6 Å². The van der Waals surface area contributed by atoms with E-state index in [4.69, 9.17) is 9.05 Å². The van der Waals surface area contributed by atoms with E-state index in [-0.39, 0.29) is 26.2 Å². The molecule has 0 aliphatic rings. The number of rotatable bonds is 9. The molecule has 0 atom stereocenters. The minimum atomic E-state index is -3.30. The van der Waals surface area contributed by atoms with Gasteiger partial charge in [0.1, 0.15) is 0 Å². The Balaban J connectivity index is 2.53. The summed E-state index contributed by atoms with van der Waals surface area (Å²) in [4.78, 5) is 11.8. The van der Waals surface area contributed by atoms with Crippen LogP contribution in [0.4, 0.5) is 0 Å². The van der Waals surface area contributed by atoms with E-state index in [1.807, 2.05) is 18.2 Å². The quantitative estimate of drug-likeness (QED) is 0.428. The van der Waals surface area contributed by atoms with Crippen LogP contribution >= 0.6 is 7.60 Å². The lowest BCUT2D eigenvalue weighted by molar-refractivity contribution is -0.162. The predicted octanol–water partition coefficient (Wildman–Crippen LogP) is 3.23. The van der Waals surface area contributed by atoms with Gasteiger partial charge in [0.25, 0.3) is 5.91 Å². The number of carbonyl (C=O) groups excluding carboxylic acids is 1. The maximum atomic E-state index is 12.1. The standard InChI is InChI=1S/C15H22NO5P/c1-3-20-22(19,21-4-2)12-8-11-16(18)15(17)13-14-9-6-5-7-10-14/h5-10,12,18H,3-4,11,13H2,1-2H3/b12-8+. The van der Waals surface area contributed by atoms with Gasteiger partial charge < -0.3 is 9.05 Å². The molecule has 0 aromatic heterocycles. The minimum Gasteiger partial charge on any atom is -0.306 e. The largest absolute Gasteiger partial charge is 0.353 e. The summed E-state index contributed by atoms with van der Waals surface area (Å²) in [5.74, 6) is 0.817. The molecule has 0 heterocycles. The Morgan fingerprint density at radius 2 is 1.82 bits per heavy atom. The zero-order valence-corrected chi connectivity index (χ0v) is 13.7. The van der Waals surface area contributed by atoms with Crippen LogP contribution < -0.4 is 0 Å². The van der Waals surface area contributed by atoms with Crippen LogP contribution in [0.3, 0.4) is 0 Å². The minimum absolute atomic E-state index is 0.0875. The van der Waals surface area contributed by atoms with Gasteiger partial charge in [-0.3, -0.25) is 14.6 Å². The first-order valence-electron chi connectivity index (χ1n) is 7.10. The number of amides is 1. The molecular formula is C15H22NO5P. The number of benzene rings is 1.